The SMILES string of the molecule is C.CCC(=O)N1CCSC1=S.CCC(=O)NC[C@@]1(O)[C@H](OC(C)=O)[C@]2(CC)C=CCN3CC[C@@]4(c5ccc(OC)cc5N(C)[C@@H]14)[C@@H]32.CC[C@]12C=CCN3CC[C@@]4(c5ccc(OC)cc5N(C)[C@H]4[C@@](O)(CN)[C@@H]1O)[C@@H]32.[B]. The van der Waals surface area contributed by atoms with Gasteiger partial charge in [0.05, 0.1) is 39.0 Å². The number of carbonyl (C=O) groups is 3. The average molecular weight is 1070 g/mol. The summed E-state index contributed by atoms with van der Waals surface area (Å²) in [6.45, 7) is 13.7. The van der Waals surface area contributed by atoms with Crippen molar-refractivity contribution in [2.75, 3.05) is 89.7 Å². The first-order valence-electron chi connectivity index (χ1n) is 26.3. The van der Waals surface area contributed by atoms with Crippen molar-refractivity contribution in [1.82, 2.24) is 20.0 Å². The van der Waals surface area contributed by atoms with Crippen LogP contribution in [0.1, 0.15) is 91.7 Å². The molecule has 5 fully saturated rings. The molecule has 9 aliphatic rings. The standard InChI is InChI=1S/C27H37N3O5.C22H31N3O3.C6H9NOS2.CH4.B/c1-6-21(32)28-16-27(33)23-26(19-10-9-18(34-5)15-20(19)29(23)4)12-14-30-13-8-11-25(7-2,22(26)30)24(27)35-17(3)31;1-4-20-8-5-10-25-11-9-21(17(20)25)15-7-6-14(28-3)12-16(15)24(2)18(21)22(27,13-23)19(20)26;1-2-5(8)7-3-4-10-6(7)9;;/h8-11,15,22-24,33H,6-7,12-14,16H2,1-5H3,(H,28,32);5-8,12,17-19,26-27H,4,9-11,13,23H2,1-3H3;2-4H2,1H3;1H4;/t22-,23+,24+,25+,26+,27-;17-,18+,19+,20+,21+,22-;;;/m00.../s1. The van der Waals surface area contributed by atoms with Gasteiger partial charge in [0.15, 0.2) is 0 Å². The summed E-state index contributed by atoms with van der Waals surface area (Å²) in [6, 6.07) is 11.9. The second-order valence-corrected chi connectivity index (χ2v) is 23.4. The van der Waals surface area contributed by atoms with Gasteiger partial charge in [-0.1, -0.05) is 95.5 Å². The smallest absolute Gasteiger partial charge is 0.303 e. The zero-order chi connectivity index (χ0) is 52.6. The number of thioether (sulfide) groups is 1. The minimum absolute atomic E-state index is 0. The van der Waals surface area contributed by atoms with Crippen LogP contribution in [-0.4, -0.2) is 188 Å². The summed E-state index contributed by atoms with van der Waals surface area (Å²) in [6.07, 6.45) is 11.0. The van der Waals surface area contributed by atoms with E-state index in [4.69, 9.17) is 32.2 Å². The molecule has 12 atom stereocenters. The summed E-state index contributed by atoms with van der Waals surface area (Å²) in [7, 11) is 7.34. The van der Waals surface area contributed by atoms with Crippen molar-refractivity contribution in [3.05, 3.63) is 71.8 Å². The van der Waals surface area contributed by atoms with Crippen molar-refractivity contribution in [2.24, 2.45) is 16.6 Å². The second-order valence-electron chi connectivity index (χ2n) is 21.6. The fourth-order valence-electron chi connectivity index (χ4n) is 16.1. The number of ether oxygens (including phenoxy) is 3. The van der Waals surface area contributed by atoms with E-state index >= 15 is 0 Å². The molecular weight excluding hydrogens is 990 g/mol. The highest BCUT2D eigenvalue weighted by molar-refractivity contribution is 8.23. The Bertz CT molecular complexity index is 2580. The van der Waals surface area contributed by atoms with Gasteiger partial charge in [-0.15, -0.1) is 0 Å². The lowest BCUT2D eigenvalue weighted by Crippen LogP contribution is -2.81. The molecule has 3 radical (unpaired) electrons. The topological polar surface area (TPSA) is 194 Å². The van der Waals surface area contributed by atoms with Crippen LogP contribution in [0.25, 0.3) is 0 Å². The Morgan fingerprint density at radius 3 is 1.73 bits per heavy atom. The first-order chi connectivity index (χ1) is 34.8. The number of hydrogen-bond donors (Lipinski definition) is 5. The molecule has 0 aromatic heterocycles. The molecule has 6 N–H and O–H groups in total. The zero-order valence-corrected chi connectivity index (χ0v) is 46.3. The van der Waals surface area contributed by atoms with Crippen molar-refractivity contribution in [2.45, 2.75) is 139 Å². The lowest BCUT2D eigenvalue weighted by atomic mass is 9.47. The molecule has 409 valence electrons. The molecule has 16 nitrogen and oxygen atoms in total. The number of likely N-dealkylation sites (N-methyl/N-ethyl adjacent to an activating group) is 2. The molecule has 0 bridgehead atoms. The van der Waals surface area contributed by atoms with Gasteiger partial charge in [-0.2, -0.15) is 0 Å². The molecule has 11 rings (SSSR count). The Morgan fingerprint density at radius 1 is 0.787 bits per heavy atom. The van der Waals surface area contributed by atoms with Crippen LogP contribution in [0.5, 0.6) is 11.5 Å². The van der Waals surface area contributed by atoms with Gasteiger partial charge in [0.2, 0.25) is 11.8 Å². The summed E-state index contributed by atoms with van der Waals surface area (Å²) in [5, 5.41) is 39.3. The fraction of sp³-hybridized carbons (Fsp3) is 0.643. The summed E-state index contributed by atoms with van der Waals surface area (Å²) >= 11 is 6.54. The molecule has 2 saturated carbocycles. The highest BCUT2D eigenvalue weighted by atomic mass is 32.2. The van der Waals surface area contributed by atoms with Gasteiger partial charge >= 0.3 is 5.97 Å². The molecule has 3 saturated heterocycles. The van der Waals surface area contributed by atoms with Gasteiger partial charge in [-0.05, 0) is 62.0 Å². The lowest BCUT2D eigenvalue weighted by Gasteiger charge is -2.64. The van der Waals surface area contributed by atoms with Crippen LogP contribution < -0.4 is 30.3 Å². The Hall–Kier alpha value is -4.21. The molecule has 7 aliphatic heterocycles. The monoisotopic (exact) mass is 1070 g/mol. The van der Waals surface area contributed by atoms with Gasteiger partial charge in [0, 0.05) is 131 Å². The number of aliphatic hydroxyl groups excluding tert-OH is 1. The van der Waals surface area contributed by atoms with Crippen molar-refractivity contribution >= 4 is 65.9 Å². The molecule has 7 heterocycles. The Kier molecular flexibility index (Phi) is 16.8. The highest BCUT2D eigenvalue weighted by Gasteiger charge is 2.79. The number of fused-ring (bicyclic) bond motifs is 2. The van der Waals surface area contributed by atoms with E-state index < -0.39 is 51.7 Å². The third-order valence-electron chi connectivity index (χ3n) is 18.8. The number of anilines is 2. The molecule has 2 aliphatic carbocycles. The molecule has 2 aromatic carbocycles. The van der Waals surface area contributed by atoms with Crippen molar-refractivity contribution in [3.8, 4) is 11.5 Å². The van der Waals surface area contributed by atoms with E-state index in [1.165, 1.54) is 18.1 Å². The van der Waals surface area contributed by atoms with E-state index in [9.17, 15) is 29.7 Å². The number of aliphatic hydroxyl groups is 3. The van der Waals surface area contributed by atoms with E-state index in [1.54, 1.807) is 37.8 Å². The molecule has 19 heteroatoms. The first kappa shape index (κ1) is 58.5. The summed E-state index contributed by atoms with van der Waals surface area (Å²) in [5.74, 6) is 2.09. The number of amides is 2. The predicted octanol–water partition coefficient (Wildman–Crippen LogP) is 4.36. The minimum atomic E-state index is -1.53. The molecule has 0 unspecified atom stereocenters. The summed E-state index contributed by atoms with van der Waals surface area (Å²) < 4.78 is 17.9. The average Bonchev–Trinajstić information content (AvgIpc) is 4.25. The number of benzene rings is 2. The summed E-state index contributed by atoms with van der Waals surface area (Å²) in [5.41, 5.74) is 6.01. The van der Waals surface area contributed by atoms with E-state index in [2.05, 4.69) is 81.3 Å². The lowest BCUT2D eigenvalue weighted by molar-refractivity contribution is -0.217. The van der Waals surface area contributed by atoms with Gasteiger partial charge in [0.1, 0.15) is 33.1 Å². The quantitative estimate of drug-likeness (QED) is 0.0975. The fourth-order valence-corrected chi connectivity index (χ4v) is 17.4. The maximum atomic E-state index is 12.8. The summed E-state index contributed by atoms with van der Waals surface area (Å²) in [4.78, 5) is 46.9. The normalized spacial score (nSPS) is 35.9. The molecule has 2 amide bonds. The number of nitrogens with two attached hydrogens (primary N) is 1. The predicted molar refractivity (Wildman–Crippen MR) is 301 cm³/mol. The van der Waals surface area contributed by atoms with E-state index in [-0.39, 0.29) is 64.3 Å². The van der Waals surface area contributed by atoms with Gasteiger partial charge < -0.3 is 50.4 Å². The molecule has 2 aromatic rings. The van der Waals surface area contributed by atoms with Crippen LogP contribution in [0.3, 0.4) is 0 Å². The number of carbonyl (C=O) groups excluding carboxylic acids is 3. The molecule has 2 spiro atoms. The van der Waals surface area contributed by atoms with Crippen LogP contribution >= 0.6 is 24.0 Å². The third-order valence-corrected chi connectivity index (χ3v) is 20.2. The van der Waals surface area contributed by atoms with E-state index in [0.29, 0.717) is 19.3 Å². The minimum Gasteiger partial charge on any atom is -0.497 e. The third kappa shape index (κ3) is 8.28. The van der Waals surface area contributed by atoms with Gasteiger partial charge in [-0.3, -0.25) is 29.1 Å². The molecular formula is C56H81BN7O9S2. The first-order valence-corrected chi connectivity index (χ1v) is 27.6. The van der Waals surface area contributed by atoms with Crippen molar-refractivity contribution in [3.63, 3.8) is 0 Å². The van der Waals surface area contributed by atoms with Crippen LogP contribution in [0.15, 0.2) is 60.7 Å². The molecule has 75 heavy (non-hydrogen) atoms. The number of methoxy groups -OCH3 is 2. The Balaban J connectivity index is 0.000000183. The Labute approximate surface area is 456 Å². The van der Waals surface area contributed by atoms with Gasteiger partial charge in [-0.25, -0.2) is 0 Å². The van der Waals surface area contributed by atoms with Gasteiger partial charge in [0.25, 0.3) is 0 Å². The van der Waals surface area contributed by atoms with Crippen LogP contribution in [0, 0.1) is 10.8 Å². The zero-order valence-electron chi connectivity index (χ0n) is 44.6. The maximum Gasteiger partial charge on any atom is 0.303 e. The number of esters is 1. The highest BCUT2D eigenvalue weighted by Crippen LogP contribution is 2.68. The van der Waals surface area contributed by atoms with E-state index in [1.807, 2.05) is 39.2 Å². The van der Waals surface area contributed by atoms with Crippen molar-refractivity contribution < 1.29 is 43.9 Å². The number of rotatable bonds is 10. The van der Waals surface area contributed by atoms with E-state index in [0.717, 1.165) is 84.9 Å². The number of nitrogens with one attached hydrogen (secondary N) is 1. The maximum absolute atomic E-state index is 12.8. The van der Waals surface area contributed by atoms with Crippen LogP contribution in [-0.2, 0) is 30.0 Å². The van der Waals surface area contributed by atoms with Crippen LogP contribution in [0.4, 0.5) is 11.4 Å². The van der Waals surface area contributed by atoms with Crippen molar-refractivity contribution in [1.29, 1.82) is 0 Å². The largest absolute Gasteiger partial charge is 0.497 e. The number of nitrogens with zero attached hydrogens (tertiary/aromatic N) is 5. The second kappa shape index (κ2) is 21.6. The number of hydrogen-bond acceptors (Lipinski definition) is 16. The number of thiocarbonyl (C=S) groups is 1. The van der Waals surface area contributed by atoms with Crippen LogP contribution in [0.2, 0.25) is 0 Å². The Morgan fingerprint density at radius 2 is 1.29 bits per heavy atom.